The number of rotatable bonds is 1. The van der Waals surface area contributed by atoms with Crippen LogP contribution in [0.3, 0.4) is 0 Å². The third-order valence-electron chi connectivity index (χ3n) is 3.89. The van der Waals surface area contributed by atoms with E-state index in [2.05, 4.69) is 38.1 Å². The highest BCUT2D eigenvalue weighted by molar-refractivity contribution is 9.10. The van der Waals surface area contributed by atoms with E-state index in [0.717, 1.165) is 36.3 Å². The van der Waals surface area contributed by atoms with Gasteiger partial charge < -0.3 is 16.0 Å². The van der Waals surface area contributed by atoms with Gasteiger partial charge in [-0.3, -0.25) is 0 Å². The highest BCUT2D eigenvalue weighted by atomic mass is 79.9. The van der Waals surface area contributed by atoms with Gasteiger partial charge in [0.1, 0.15) is 5.82 Å². The Labute approximate surface area is 116 Å². The molecule has 0 aromatic carbocycles. The van der Waals surface area contributed by atoms with Crippen LogP contribution in [-0.2, 0) is 0 Å². The summed E-state index contributed by atoms with van der Waals surface area (Å²) in [6.45, 7) is 5.27. The molecular formula is C13H19BrN4. The van der Waals surface area contributed by atoms with Gasteiger partial charge >= 0.3 is 0 Å². The maximum absolute atomic E-state index is 6.10. The van der Waals surface area contributed by atoms with Crippen LogP contribution in [0.25, 0.3) is 0 Å². The monoisotopic (exact) mass is 310 g/mol. The predicted octanol–water partition coefficient (Wildman–Crippen LogP) is 2.30. The van der Waals surface area contributed by atoms with Crippen LogP contribution in [0.15, 0.2) is 10.7 Å². The molecule has 0 radical (unpaired) electrons. The third-order valence-corrected chi connectivity index (χ3v) is 4.47. The number of nitrogens with one attached hydrogen (secondary N) is 1. The normalized spacial score (nSPS) is 26.9. The SMILES string of the molecule is CC1CNc2ncc(Br)c(N3CCCC(N)C3)c21. The minimum atomic E-state index is 0.291. The molecule has 2 aliphatic rings. The van der Waals surface area contributed by atoms with Gasteiger partial charge in [-0.1, -0.05) is 6.92 Å². The maximum Gasteiger partial charge on any atom is 0.131 e. The molecule has 3 heterocycles. The molecule has 0 aliphatic carbocycles. The number of halogens is 1. The van der Waals surface area contributed by atoms with Crippen molar-refractivity contribution in [1.82, 2.24) is 4.98 Å². The van der Waals surface area contributed by atoms with Crippen LogP contribution in [0.4, 0.5) is 11.5 Å². The van der Waals surface area contributed by atoms with Gasteiger partial charge in [0, 0.05) is 43.4 Å². The molecule has 3 N–H and O–H groups in total. The van der Waals surface area contributed by atoms with E-state index in [1.165, 1.54) is 17.7 Å². The van der Waals surface area contributed by atoms with Gasteiger partial charge in [-0.05, 0) is 28.8 Å². The Balaban J connectivity index is 2.03. The lowest BCUT2D eigenvalue weighted by Crippen LogP contribution is -2.43. The van der Waals surface area contributed by atoms with Gasteiger partial charge in [-0.15, -0.1) is 0 Å². The molecule has 1 fully saturated rings. The summed E-state index contributed by atoms with van der Waals surface area (Å²) >= 11 is 3.66. The van der Waals surface area contributed by atoms with E-state index in [9.17, 15) is 0 Å². The Morgan fingerprint density at radius 1 is 1.56 bits per heavy atom. The first kappa shape index (κ1) is 12.2. The summed E-state index contributed by atoms with van der Waals surface area (Å²) in [4.78, 5) is 6.89. The average molecular weight is 311 g/mol. The van der Waals surface area contributed by atoms with Crippen molar-refractivity contribution in [3.63, 3.8) is 0 Å². The summed E-state index contributed by atoms with van der Waals surface area (Å²) in [5, 5.41) is 3.38. The molecule has 1 aromatic rings. The first-order chi connectivity index (χ1) is 8.66. The van der Waals surface area contributed by atoms with Crippen LogP contribution in [-0.4, -0.2) is 30.7 Å². The highest BCUT2D eigenvalue weighted by Crippen LogP contribution is 2.42. The molecule has 3 rings (SSSR count). The molecule has 1 saturated heterocycles. The predicted molar refractivity (Wildman–Crippen MR) is 78.3 cm³/mol. The number of aromatic nitrogens is 1. The number of pyridine rings is 1. The van der Waals surface area contributed by atoms with Crippen LogP contribution in [0.5, 0.6) is 0 Å². The van der Waals surface area contributed by atoms with E-state index < -0.39 is 0 Å². The Morgan fingerprint density at radius 3 is 3.17 bits per heavy atom. The molecule has 18 heavy (non-hydrogen) atoms. The van der Waals surface area contributed by atoms with E-state index in [-0.39, 0.29) is 0 Å². The van der Waals surface area contributed by atoms with Crippen molar-refractivity contribution >= 4 is 27.4 Å². The fourth-order valence-corrected chi connectivity index (χ4v) is 3.55. The standard InChI is InChI=1S/C13H19BrN4/c1-8-5-16-13-11(8)12(10(14)6-17-13)18-4-2-3-9(15)7-18/h6,8-9H,2-5,7,15H2,1H3,(H,16,17). The first-order valence-electron chi connectivity index (χ1n) is 6.59. The lowest BCUT2D eigenvalue weighted by Gasteiger charge is -2.34. The summed E-state index contributed by atoms with van der Waals surface area (Å²) in [5.41, 5.74) is 8.75. The number of hydrogen-bond donors (Lipinski definition) is 2. The summed E-state index contributed by atoms with van der Waals surface area (Å²) in [5.74, 6) is 1.55. The topological polar surface area (TPSA) is 54.2 Å². The van der Waals surface area contributed by atoms with Crippen LogP contribution in [0, 0.1) is 0 Å². The maximum atomic E-state index is 6.10. The van der Waals surface area contributed by atoms with Gasteiger partial charge in [-0.2, -0.15) is 0 Å². The molecule has 2 aliphatic heterocycles. The van der Waals surface area contributed by atoms with E-state index in [1.807, 2.05) is 6.20 Å². The molecule has 2 atom stereocenters. The summed E-state index contributed by atoms with van der Waals surface area (Å²) in [6, 6.07) is 0.291. The second-order valence-corrected chi connectivity index (χ2v) is 6.20. The van der Waals surface area contributed by atoms with Crippen molar-refractivity contribution in [2.75, 3.05) is 29.9 Å². The largest absolute Gasteiger partial charge is 0.369 e. The van der Waals surface area contributed by atoms with Crippen LogP contribution in [0.1, 0.15) is 31.2 Å². The number of fused-ring (bicyclic) bond motifs is 1. The molecule has 1 aromatic heterocycles. The molecule has 0 bridgehead atoms. The van der Waals surface area contributed by atoms with Crippen LogP contribution < -0.4 is 16.0 Å². The molecule has 98 valence electrons. The quantitative estimate of drug-likeness (QED) is 0.835. The minimum absolute atomic E-state index is 0.291. The van der Waals surface area contributed by atoms with Crippen LogP contribution in [0.2, 0.25) is 0 Å². The molecule has 0 saturated carbocycles. The summed E-state index contributed by atoms with van der Waals surface area (Å²) in [6.07, 6.45) is 4.21. The van der Waals surface area contributed by atoms with Crippen molar-refractivity contribution in [3.8, 4) is 0 Å². The number of nitrogens with two attached hydrogens (primary N) is 1. The zero-order valence-corrected chi connectivity index (χ0v) is 12.2. The molecule has 2 unspecified atom stereocenters. The molecule has 0 spiro atoms. The first-order valence-corrected chi connectivity index (χ1v) is 7.39. The van der Waals surface area contributed by atoms with Gasteiger partial charge in [0.15, 0.2) is 0 Å². The highest BCUT2D eigenvalue weighted by Gasteiger charge is 2.29. The Morgan fingerprint density at radius 2 is 2.39 bits per heavy atom. The number of anilines is 2. The zero-order valence-electron chi connectivity index (χ0n) is 10.6. The number of piperidine rings is 1. The van der Waals surface area contributed by atoms with E-state index in [4.69, 9.17) is 5.73 Å². The average Bonchev–Trinajstić information content (AvgIpc) is 2.71. The molecule has 5 heteroatoms. The van der Waals surface area contributed by atoms with Gasteiger partial charge in [-0.25, -0.2) is 4.98 Å². The Kier molecular flexibility index (Phi) is 3.20. The number of nitrogens with zero attached hydrogens (tertiary/aromatic N) is 2. The van der Waals surface area contributed by atoms with Crippen molar-refractivity contribution in [1.29, 1.82) is 0 Å². The van der Waals surface area contributed by atoms with E-state index in [1.54, 1.807) is 0 Å². The van der Waals surface area contributed by atoms with Crippen molar-refractivity contribution in [2.24, 2.45) is 5.73 Å². The summed E-state index contributed by atoms with van der Waals surface area (Å²) < 4.78 is 1.09. The van der Waals surface area contributed by atoms with Crippen molar-refractivity contribution in [2.45, 2.75) is 31.7 Å². The second-order valence-electron chi connectivity index (χ2n) is 5.35. The zero-order chi connectivity index (χ0) is 12.7. The lowest BCUT2D eigenvalue weighted by atomic mass is 10.00. The van der Waals surface area contributed by atoms with Crippen molar-refractivity contribution in [3.05, 3.63) is 16.2 Å². The Bertz CT molecular complexity index is 463. The van der Waals surface area contributed by atoms with Gasteiger partial charge in [0.2, 0.25) is 0 Å². The molecular weight excluding hydrogens is 292 g/mol. The molecule has 4 nitrogen and oxygen atoms in total. The molecule has 0 amide bonds. The fraction of sp³-hybridized carbons (Fsp3) is 0.615. The minimum Gasteiger partial charge on any atom is -0.369 e. The lowest BCUT2D eigenvalue weighted by molar-refractivity contribution is 0.504. The smallest absolute Gasteiger partial charge is 0.131 e. The third kappa shape index (κ3) is 1.99. The van der Waals surface area contributed by atoms with Crippen molar-refractivity contribution < 1.29 is 0 Å². The number of hydrogen-bond acceptors (Lipinski definition) is 4. The summed E-state index contributed by atoms with van der Waals surface area (Å²) in [7, 11) is 0. The van der Waals surface area contributed by atoms with E-state index >= 15 is 0 Å². The second kappa shape index (κ2) is 4.70. The van der Waals surface area contributed by atoms with Crippen LogP contribution >= 0.6 is 15.9 Å². The van der Waals surface area contributed by atoms with Gasteiger partial charge in [0.05, 0.1) is 10.2 Å². The Hall–Kier alpha value is -0.810. The van der Waals surface area contributed by atoms with Gasteiger partial charge in [0.25, 0.3) is 0 Å². The fourth-order valence-electron chi connectivity index (χ4n) is 2.99. The van der Waals surface area contributed by atoms with E-state index in [0.29, 0.717) is 12.0 Å².